The van der Waals surface area contributed by atoms with Crippen LogP contribution in [0.4, 0.5) is 0 Å². The number of carbonyl (C=O) groups is 1. The molecule has 1 heterocycles. The maximum Gasteiger partial charge on any atom is 0.318 e. The maximum atomic E-state index is 9.20. The van der Waals surface area contributed by atoms with E-state index in [0.717, 1.165) is 11.0 Å². The molecular formula is C14H10N2O3S. The average molecular weight is 286 g/mol. The highest BCUT2D eigenvalue weighted by atomic mass is 32.2. The summed E-state index contributed by atoms with van der Waals surface area (Å²) < 4.78 is 20.8. The summed E-state index contributed by atoms with van der Waals surface area (Å²) in [5, 5.41) is 2.40. The van der Waals surface area contributed by atoms with Gasteiger partial charge in [0.15, 0.2) is 0 Å². The molecule has 0 unspecified atom stereocenters. The summed E-state index contributed by atoms with van der Waals surface area (Å²) in [5.74, 6) is 0. The van der Waals surface area contributed by atoms with E-state index in [-0.39, 0.29) is 6.41 Å². The zero-order valence-electron chi connectivity index (χ0n) is 10.3. The largest absolute Gasteiger partial charge is 0.318 e. The van der Waals surface area contributed by atoms with Crippen LogP contribution >= 0.6 is 0 Å². The number of carbonyl (C=O) groups excluding carboxylic acids is 1. The Balaban J connectivity index is 0.000000212. The molecule has 3 rings (SSSR count). The smallest absolute Gasteiger partial charge is 0.275 e. The molecule has 0 spiro atoms. The summed E-state index contributed by atoms with van der Waals surface area (Å²) in [6.45, 7) is 0. The van der Waals surface area contributed by atoms with E-state index >= 15 is 0 Å². The first-order valence-electron chi connectivity index (χ1n) is 5.69. The zero-order chi connectivity index (χ0) is 14.4. The number of nitrogens with zero attached hydrogens (tertiary/aromatic N) is 2. The van der Waals surface area contributed by atoms with Crippen molar-refractivity contribution in [3.8, 4) is 0 Å². The van der Waals surface area contributed by atoms with Gasteiger partial charge in [-0.15, -0.1) is 0 Å². The summed E-state index contributed by atoms with van der Waals surface area (Å²) in [4.78, 5) is 13.6. The minimum atomic E-state index is -2.56. The van der Waals surface area contributed by atoms with Gasteiger partial charge in [-0.05, 0) is 18.2 Å². The van der Waals surface area contributed by atoms with Crippen molar-refractivity contribution >= 4 is 38.7 Å². The van der Waals surface area contributed by atoms with Crippen molar-refractivity contribution in [3.05, 3.63) is 54.6 Å². The first kappa shape index (κ1) is 13.8. The normalized spacial score (nSPS) is 9.60. The molecule has 2 aromatic carbocycles. The Morgan fingerprint density at radius 2 is 1.40 bits per heavy atom. The SMILES string of the molecule is O=CN=S(=O)=O.c1ccc2nc3ccccc3cc2c1. The van der Waals surface area contributed by atoms with Crippen LogP contribution in [0, 0.1) is 0 Å². The number of pyridine rings is 1. The van der Waals surface area contributed by atoms with Gasteiger partial charge < -0.3 is 0 Å². The van der Waals surface area contributed by atoms with Gasteiger partial charge in [0.2, 0.25) is 6.41 Å². The highest BCUT2D eigenvalue weighted by molar-refractivity contribution is 7.62. The van der Waals surface area contributed by atoms with Crippen LogP contribution in [0.2, 0.25) is 0 Å². The monoisotopic (exact) mass is 286 g/mol. The number of rotatable bonds is 1. The molecule has 0 saturated carbocycles. The van der Waals surface area contributed by atoms with Gasteiger partial charge in [-0.2, -0.15) is 8.42 Å². The van der Waals surface area contributed by atoms with Crippen LogP contribution in [-0.2, 0) is 15.3 Å². The number of para-hydroxylation sites is 2. The lowest BCUT2D eigenvalue weighted by Crippen LogP contribution is -1.80. The minimum absolute atomic E-state index is 0.0386. The Bertz CT molecular complexity index is 776. The predicted molar refractivity (Wildman–Crippen MR) is 76.7 cm³/mol. The average Bonchev–Trinajstić information content (AvgIpc) is 2.45. The number of amides is 1. The summed E-state index contributed by atoms with van der Waals surface area (Å²) in [5.41, 5.74) is 2.12. The van der Waals surface area contributed by atoms with Gasteiger partial charge in [0.25, 0.3) is 0 Å². The molecule has 0 saturated heterocycles. The molecule has 0 bridgehead atoms. The Labute approximate surface area is 116 Å². The topological polar surface area (TPSA) is 76.5 Å². The third kappa shape index (κ3) is 3.46. The van der Waals surface area contributed by atoms with Crippen molar-refractivity contribution in [1.82, 2.24) is 4.98 Å². The number of hydrogen-bond donors (Lipinski definition) is 0. The van der Waals surface area contributed by atoms with E-state index < -0.39 is 10.5 Å². The van der Waals surface area contributed by atoms with Crippen molar-refractivity contribution < 1.29 is 13.2 Å². The minimum Gasteiger partial charge on any atom is -0.275 e. The van der Waals surface area contributed by atoms with Gasteiger partial charge in [-0.3, -0.25) is 4.79 Å². The number of benzene rings is 2. The van der Waals surface area contributed by atoms with Crippen molar-refractivity contribution in [2.45, 2.75) is 0 Å². The van der Waals surface area contributed by atoms with Gasteiger partial charge in [-0.25, -0.2) is 4.98 Å². The fourth-order valence-electron chi connectivity index (χ4n) is 1.76. The van der Waals surface area contributed by atoms with Gasteiger partial charge in [0.05, 0.1) is 11.0 Å². The molecule has 0 aliphatic heterocycles. The van der Waals surface area contributed by atoms with E-state index in [2.05, 4.69) is 27.5 Å². The standard InChI is InChI=1S/C13H9N.CHNO3S/c1-3-7-12-10(5-1)9-11-6-2-4-8-13(11)14-12;3-1-2-6(4)5/h1-9H;1H. The van der Waals surface area contributed by atoms with Crippen LogP contribution in [0.15, 0.2) is 59.0 Å². The second kappa shape index (κ2) is 6.53. The molecule has 1 amide bonds. The molecule has 0 atom stereocenters. The van der Waals surface area contributed by atoms with E-state index in [1.165, 1.54) is 10.8 Å². The molecule has 0 aliphatic rings. The zero-order valence-corrected chi connectivity index (χ0v) is 11.1. The molecule has 0 fully saturated rings. The summed E-state index contributed by atoms with van der Waals surface area (Å²) >= 11 is 0. The van der Waals surface area contributed by atoms with Crippen LogP contribution in [0.5, 0.6) is 0 Å². The lowest BCUT2D eigenvalue weighted by atomic mass is 10.1. The number of aromatic nitrogens is 1. The lowest BCUT2D eigenvalue weighted by molar-refractivity contribution is -0.106. The number of hydrogen-bond acceptors (Lipinski definition) is 4. The van der Waals surface area contributed by atoms with E-state index in [0.29, 0.717) is 0 Å². The van der Waals surface area contributed by atoms with E-state index in [1.807, 2.05) is 36.4 Å². The van der Waals surface area contributed by atoms with Crippen LogP contribution < -0.4 is 0 Å². The summed E-state index contributed by atoms with van der Waals surface area (Å²) in [6.07, 6.45) is -0.0386. The molecule has 0 aliphatic carbocycles. The third-order valence-corrected chi connectivity index (χ3v) is 2.81. The van der Waals surface area contributed by atoms with Gasteiger partial charge in [0, 0.05) is 10.8 Å². The molecule has 5 nitrogen and oxygen atoms in total. The second-order valence-electron chi connectivity index (χ2n) is 3.80. The molecule has 0 N–H and O–H groups in total. The molecular weight excluding hydrogens is 276 g/mol. The Kier molecular flexibility index (Phi) is 4.52. The predicted octanol–water partition coefficient (Wildman–Crippen LogP) is 2.59. The van der Waals surface area contributed by atoms with Crippen LogP contribution in [0.25, 0.3) is 21.8 Å². The Morgan fingerprint density at radius 1 is 0.900 bits per heavy atom. The summed E-state index contributed by atoms with van der Waals surface area (Å²) in [6, 6.07) is 18.6. The van der Waals surface area contributed by atoms with E-state index in [9.17, 15) is 8.42 Å². The number of fused-ring (bicyclic) bond motifs is 2. The first-order chi connectivity index (χ1) is 9.70. The molecule has 3 aromatic rings. The second-order valence-corrected chi connectivity index (χ2v) is 4.45. The van der Waals surface area contributed by atoms with E-state index in [4.69, 9.17) is 4.79 Å². The molecule has 20 heavy (non-hydrogen) atoms. The fraction of sp³-hybridized carbons (Fsp3) is 0. The van der Waals surface area contributed by atoms with Crippen molar-refractivity contribution in [3.63, 3.8) is 0 Å². The van der Waals surface area contributed by atoms with Gasteiger partial charge >= 0.3 is 10.5 Å². The Hall–Kier alpha value is -2.60. The van der Waals surface area contributed by atoms with Gasteiger partial charge in [0.1, 0.15) is 0 Å². The van der Waals surface area contributed by atoms with Gasteiger partial charge in [-0.1, -0.05) is 40.8 Å². The van der Waals surface area contributed by atoms with Crippen LogP contribution in [0.1, 0.15) is 0 Å². The Morgan fingerprint density at radius 3 is 1.80 bits per heavy atom. The highest BCUT2D eigenvalue weighted by Crippen LogP contribution is 2.18. The van der Waals surface area contributed by atoms with Crippen molar-refractivity contribution in [2.75, 3.05) is 0 Å². The molecule has 0 radical (unpaired) electrons. The van der Waals surface area contributed by atoms with Crippen molar-refractivity contribution in [1.29, 1.82) is 0 Å². The first-order valence-corrected chi connectivity index (χ1v) is 6.72. The van der Waals surface area contributed by atoms with Crippen molar-refractivity contribution in [2.24, 2.45) is 4.36 Å². The van der Waals surface area contributed by atoms with Crippen LogP contribution in [0.3, 0.4) is 0 Å². The molecule has 1 aromatic heterocycles. The summed E-state index contributed by atoms with van der Waals surface area (Å²) in [7, 11) is -2.56. The molecule has 6 heteroatoms. The quantitative estimate of drug-likeness (QED) is 0.509. The third-order valence-electron chi connectivity index (χ3n) is 2.55. The highest BCUT2D eigenvalue weighted by Gasteiger charge is 1.96. The van der Waals surface area contributed by atoms with Crippen LogP contribution in [-0.4, -0.2) is 19.8 Å². The lowest BCUT2D eigenvalue weighted by Gasteiger charge is -1.99. The maximum absolute atomic E-state index is 9.20. The molecule has 100 valence electrons. The fourth-order valence-corrected chi connectivity index (χ4v) is 1.83. The van der Waals surface area contributed by atoms with E-state index in [1.54, 1.807) is 0 Å².